The highest BCUT2D eigenvalue weighted by Crippen LogP contribution is 2.25. The maximum atomic E-state index is 9.42. The first-order valence-electron chi connectivity index (χ1n) is 7.02. The maximum absolute atomic E-state index is 9.42. The summed E-state index contributed by atoms with van der Waals surface area (Å²) in [5.41, 5.74) is 2.80. The molecule has 0 aromatic heterocycles. The number of hydrogen-bond donors (Lipinski definition) is 2. The Morgan fingerprint density at radius 1 is 1.33 bits per heavy atom. The number of hydrogen-bond acceptors (Lipinski definition) is 3. The highest BCUT2D eigenvalue weighted by Gasteiger charge is 2.17. The Hall–Kier alpha value is -1.06. The van der Waals surface area contributed by atoms with Crippen molar-refractivity contribution in [2.24, 2.45) is 0 Å². The fourth-order valence-corrected chi connectivity index (χ4v) is 2.70. The van der Waals surface area contributed by atoms with Crippen LogP contribution in [-0.4, -0.2) is 37.4 Å². The van der Waals surface area contributed by atoms with Gasteiger partial charge in [0.15, 0.2) is 0 Å². The molecule has 0 amide bonds. The van der Waals surface area contributed by atoms with Gasteiger partial charge in [0.1, 0.15) is 0 Å². The minimum absolute atomic E-state index is 0.168. The molecule has 1 atom stereocenters. The normalized spacial score (nSPS) is 17.1. The van der Waals surface area contributed by atoms with Crippen molar-refractivity contribution in [1.29, 1.82) is 0 Å². The summed E-state index contributed by atoms with van der Waals surface area (Å²) in [6, 6.07) is 8.84. The van der Waals surface area contributed by atoms with E-state index >= 15 is 0 Å². The lowest BCUT2D eigenvalue weighted by molar-refractivity contribution is 0.245. The average molecular weight is 248 g/mol. The number of likely N-dealkylation sites (N-methyl/N-ethyl adjacent to an activating group) is 1. The minimum Gasteiger partial charge on any atom is -0.395 e. The van der Waals surface area contributed by atoms with Crippen molar-refractivity contribution in [2.45, 2.75) is 32.2 Å². The predicted molar refractivity (Wildman–Crippen MR) is 76.1 cm³/mol. The number of aliphatic hydroxyl groups is 1. The molecule has 1 aliphatic rings. The van der Waals surface area contributed by atoms with Crippen molar-refractivity contribution in [3.05, 3.63) is 29.8 Å². The predicted octanol–water partition coefficient (Wildman–Crippen LogP) is 1.80. The number of nitrogens with zero attached hydrogens (tertiary/aromatic N) is 1. The molecule has 1 unspecified atom stereocenters. The molecule has 3 nitrogen and oxygen atoms in total. The SMILES string of the molecule is CCNC(CO)CN1CCCCc2ccccc21. The van der Waals surface area contributed by atoms with Gasteiger partial charge in [0.25, 0.3) is 0 Å². The Kier molecular flexibility index (Phi) is 5.02. The van der Waals surface area contributed by atoms with Crippen LogP contribution >= 0.6 is 0 Å². The van der Waals surface area contributed by atoms with E-state index < -0.39 is 0 Å². The lowest BCUT2D eigenvalue weighted by Crippen LogP contribution is -2.43. The van der Waals surface area contributed by atoms with Crippen LogP contribution in [0.4, 0.5) is 5.69 Å². The van der Waals surface area contributed by atoms with Crippen molar-refractivity contribution < 1.29 is 5.11 Å². The van der Waals surface area contributed by atoms with Crippen molar-refractivity contribution >= 4 is 5.69 Å². The molecular weight excluding hydrogens is 224 g/mol. The van der Waals surface area contributed by atoms with Gasteiger partial charge >= 0.3 is 0 Å². The molecule has 0 saturated carbocycles. The van der Waals surface area contributed by atoms with E-state index in [-0.39, 0.29) is 12.6 Å². The number of anilines is 1. The average Bonchev–Trinajstić information content (AvgIpc) is 2.61. The molecule has 1 heterocycles. The molecule has 1 aromatic rings. The Bertz CT molecular complexity index is 367. The van der Waals surface area contributed by atoms with Crippen molar-refractivity contribution in [1.82, 2.24) is 5.32 Å². The molecule has 0 spiro atoms. The van der Waals surface area contributed by atoms with Gasteiger partial charge in [0, 0.05) is 24.8 Å². The van der Waals surface area contributed by atoms with Crippen molar-refractivity contribution in [3.63, 3.8) is 0 Å². The van der Waals surface area contributed by atoms with Crippen molar-refractivity contribution in [2.75, 3.05) is 31.1 Å². The number of aryl methyl sites for hydroxylation is 1. The second kappa shape index (κ2) is 6.76. The molecule has 0 fully saturated rings. The van der Waals surface area contributed by atoms with Crippen LogP contribution in [0.5, 0.6) is 0 Å². The van der Waals surface area contributed by atoms with E-state index in [1.54, 1.807) is 0 Å². The van der Waals surface area contributed by atoms with Crippen LogP contribution < -0.4 is 10.2 Å². The van der Waals surface area contributed by atoms with E-state index in [1.807, 2.05) is 0 Å². The van der Waals surface area contributed by atoms with Gasteiger partial charge < -0.3 is 15.3 Å². The minimum atomic E-state index is 0.168. The number of fused-ring (bicyclic) bond motifs is 1. The van der Waals surface area contributed by atoms with Crippen LogP contribution in [0, 0.1) is 0 Å². The smallest absolute Gasteiger partial charge is 0.0601 e. The van der Waals surface area contributed by atoms with Crippen LogP contribution in [0.1, 0.15) is 25.3 Å². The monoisotopic (exact) mass is 248 g/mol. The highest BCUT2D eigenvalue weighted by atomic mass is 16.3. The Morgan fingerprint density at radius 2 is 2.17 bits per heavy atom. The lowest BCUT2D eigenvalue weighted by Gasteiger charge is -2.29. The van der Waals surface area contributed by atoms with E-state index in [0.29, 0.717) is 0 Å². The third-order valence-corrected chi connectivity index (χ3v) is 3.61. The zero-order valence-corrected chi connectivity index (χ0v) is 11.2. The lowest BCUT2D eigenvalue weighted by atomic mass is 10.1. The third-order valence-electron chi connectivity index (χ3n) is 3.61. The van der Waals surface area contributed by atoms with Gasteiger partial charge in [-0.1, -0.05) is 25.1 Å². The first-order valence-corrected chi connectivity index (χ1v) is 7.02. The first-order chi connectivity index (χ1) is 8.85. The van der Waals surface area contributed by atoms with Gasteiger partial charge in [0.2, 0.25) is 0 Å². The maximum Gasteiger partial charge on any atom is 0.0601 e. The Labute approximate surface area is 110 Å². The van der Waals surface area contributed by atoms with Gasteiger partial charge in [-0.3, -0.25) is 0 Å². The third kappa shape index (κ3) is 3.24. The molecule has 0 bridgehead atoms. The number of para-hydroxylation sites is 1. The van der Waals surface area contributed by atoms with Crippen LogP contribution in [0.25, 0.3) is 0 Å². The second-order valence-corrected chi connectivity index (χ2v) is 4.97. The number of benzene rings is 1. The molecule has 0 saturated heterocycles. The summed E-state index contributed by atoms with van der Waals surface area (Å²) in [6.45, 7) is 5.17. The zero-order chi connectivity index (χ0) is 12.8. The highest BCUT2D eigenvalue weighted by molar-refractivity contribution is 5.54. The summed E-state index contributed by atoms with van der Waals surface area (Å²) in [5.74, 6) is 0. The van der Waals surface area contributed by atoms with Gasteiger partial charge in [-0.05, 0) is 37.4 Å². The molecule has 0 aliphatic carbocycles. The summed E-state index contributed by atoms with van der Waals surface area (Å²) >= 11 is 0. The van der Waals surface area contributed by atoms with Crippen molar-refractivity contribution in [3.8, 4) is 0 Å². The topological polar surface area (TPSA) is 35.5 Å². The molecule has 1 aliphatic heterocycles. The first kappa shape index (κ1) is 13.4. The van der Waals surface area contributed by atoms with Gasteiger partial charge in [-0.25, -0.2) is 0 Å². The van der Waals surface area contributed by atoms with Crippen LogP contribution in [0.2, 0.25) is 0 Å². The second-order valence-electron chi connectivity index (χ2n) is 4.97. The number of rotatable bonds is 5. The molecule has 2 N–H and O–H groups in total. The summed E-state index contributed by atoms with van der Waals surface area (Å²) in [6.07, 6.45) is 3.68. The number of aliphatic hydroxyl groups excluding tert-OH is 1. The fourth-order valence-electron chi connectivity index (χ4n) is 2.70. The standard InChI is InChI=1S/C15H24N2O/c1-2-16-14(12-18)11-17-10-6-5-8-13-7-3-4-9-15(13)17/h3-4,7,9,14,16,18H,2,5-6,8,10-12H2,1H3. The fraction of sp³-hybridized carbons (Fsp3) is 0.600. The van der Waals surface area contributed by atoms with Gasteiger partial charge in [-0.2, -0.15) is 0 Å². The van der Waals surface area contributed by atoms with Crippen LogP contribution in [0.3, 0.4) is 0 Å². The molecule has 2 rings (SSSR count). The summed E-state index contributed by atoms with van der Waals surface area (Å²) in [7, 11) is 0. The molecule has 3 heteroatoms. The van der Waals surface area contributed by atoms with E-state index in [0.717, 1.165) is 19.6 Å². The van der Waals surface area contributed by atoms with Gasteiger partial charge in [0.05, 0.1) is 6.61 Å². The van der Waals surface area contributed by atoms with E-state index in [4.69, 9.17) is 0 Å². The Balaban J connectivity index is 2.12. The van der Waals surface area contributed by atoms with E-state index in [9.17, 15) is 5.11 Å². The van der Waals surface area contributed by atoms with E-state index in [2.05, 4.69) is 41.4 Å². The zero-order valence-electron chi connectivity index (χ0n) is 11.2. The van der Waals surface area contributed by atoms with Crippen LogP contribution in [-0.2, 0) is 6.42 Å². The summed E-state index contributed by atoms with van der Waals surface area (Å²) in [5, 5.41) is 12.8. The quantitative estimate of drug-likeness (QED) is 0.834. The van der Waals surface area contributed by atoms with E-state index in [1.165, 1.54) is 30.5 Å². The summed E-state index contributed by atoms with van der Waals surface area (Å²) < 4.78 is 0. The Morgan fingerprint density at radius 3 is 2.94 bits per heavy atom. The largest absolute Gasteiger partial charge is 0.395 e. The molecule has 1 aromatic carbocycles. The van der Waals surface area contributed by atoms with Crippen LogP contribution in [0.15, 0.2) is 24.3 Å². The van der Waals surface area contributed by atoms with Gasteiger partial charge in [-0.15, -0.1) is 0 Å². The molecule has 18 heavy (non-hydrogen) atoms. The molecule has 100 valence electrons. The molecule has 0 radical (unpaired) electrons. The number of nitrogens with one attached hydrogen (secondary N) is 1. The molecular formula is C15H24N2O. The summed E-state index contributed by atoms with van der Waals surface area (Å²) in [4.78, 5) is 2.42.